The number of esters is 1. The Morgan fingerprint density at radius 3 is 1.62 bits per heavy atom. The third-order valence-corrected chi connectivity index (χ3v) is 10.5. The van der Waals surface area contributed by atoms with Crippen LogP contribution in [0.1, 0.15) is 20.8 Å². The molecule has 1 saturated carbocycles. The highest BCUT2D eigenvalue weighted by molar-refractivity contribution is 9.10. The summed E-state index contributed by atoms with van der Waals surface area (Å²) in [6, 6.07) is 10.6. The van der Waals surface area contributed by atoms with Crippen LogP contribution in [0.15, 0.2) is 59.7 Å². The Morgan fingerprint density at radius 2 is 1.23 bits per heavy atom. The Balaban J connectivity index is 1.61. The summed E-state index contributed by atoms with van der Waals surface area (Å²) in [4.78, 5) is 71.3. The molecule has 11 heteroatoms. The monoisotopic (exact) mass is 612 g/mol. The first-order chi connectivity index (χ1) is 18.9. The number of para-hydroxylation sites is 2. The van der Waals surface area contributed by atoms with Crippen LogP contribution in [0, 0.1) is 40.7 Å². The van der Waals surface area contributed by atoms with Gasteiger partial charge in [-0.2, -0.15) is 0 Å². The van der Waals surface area contributed by atoms with Gasteiger partial charge in [-0.15, -0.1) is 0 Å². The van der Waals surface area contributed by atoms with Crippen LogP contribution in [0.25, 0.3) is 0 Å². The molecule has 2 aromatic carbocycles. The highest BCUT2D eigenvalue weighted by Crippen LogP contribution is 2.72. The molecule has 40 heavy (non-hydrogen) atoms. The second-order valence-electron chi connectivity index (χ2n) is 10.6. The molecule has 5 aliphatic rings. The van der Waals surface area contributed by atoms with E-state index < -0.39 is 74.6 Å². The zero-order valence-corrected chi connectivity index (χ0v) is 23.2. The summed E-state index contributed by atoms with van der Waals surface area (Å²) in [6.45, 7) is 4.64. The fourth-order valence-electron chi connectivity index (χ4n) is 7.47. The molecule has 2 aromatic rings. The number of halogens is 3. The molecule has 0 N–H and O–H groups in total. The average Bonchev–Trinajstić information content (AvgIpc) is 3.34. The smallest absolute Gasteiger partial charge is 0.334 e. The fraction of sp³-hybridized carbons (Fsp3) is 0.345. The van der Waals surface area contributed by atoms with Crippen molar-refractivity contribution in [3.63, 3.8) is 0 Å². The molecular weight excluding hydrogens is 590 g/mol. The van der Waals surface area contributed by atoms with Gasteiger partial charge in [0.1, 0.15) is 11.6 Å². The van der Waals surface area contributed by atoms with Gasteiger partial charge in [-0.1, -0.05) is 47.1 Å². The number of rotatable bonds is 4. The number of imide groups is 2. The van der Waals surface area contributed by atoms with E-state index in [1.807, 2.05) is 0 Å². The van der Waals surface area contributed by atoms with Crippen LogP contribution < -0.4 is 9.80 Å². The number of anilines is 2. The summed E-state index contributed by atoms with van der Waals surface area (Å²) in [5, 5.41) is 0. The van der Waals surface area contributed by atoms with Crippen molar-refractivity contribution in [2.24, 2.45) is 29.1 Å². The number of alkyl halides is 1. The molecule has 2 saturated heterocycles. The molecule has 6 atom stereocenters. The maximum absolute atomic E-state index is 14.9. The zero-order valence-electron chi connectivity index (χ0n) is 21.6. The summed E-state index contributed by atoms with van der Waals surface area (Å²) in [5.74, 6) is -10.7. The predicted molar refractivity (Wildman–Crippen MR) is 141 cm³/mol. The van der Waals surface area contributed by atoms with Gasteiger partial charge in [0.25, 0.3) is 0 Å². The van der Waals surface area contributed by atoms with Gasteiger partial charge in [-0.3, -0.25) is 19.2 Å². The largest absolute Gasteiger partial charge is 0.463 e. The molecule has 7 rings (SSSR count). The predicted octanol–water partition coefficient (Wildman–Crippen LogP) is 3.92. The minimum atomic E-state index is -1.71. The standard InChI is InChI=1S/C29H23BrF2N2O6/c1-4-40-27(39)18-13(2)29(30)21-19(23(35)33(25(21)37)16-11-7-5-9-14(16)31)28(18,3)20-22(29)26(38)34(24(20)36)17-12-8-6-10-15(17)32/h5-12,19-22H,4H2,1-3H3/t19-,20-,21-,22+,28?,29?/m1/s1. The lowest BCUT2D eigenvalue weighted by Gasteiger charge is -2.59. The van der Waals surface area contributed by atoms with Crippen molar-refractivity contribution in [2.45, 2.75) is 25.1 Å². The second-order valence-corrected chi connectivity index (χ2v) is 11.9. The number of hydrogen-bond acceptors (Lipinski definition) is 6. The molecular formula is C29H23BrF2N2O6. The van der Waals surface area contributed by atoms with E-state index in [1.165, 1.54) is 43.3 Å². The van der Waals surface area contributed by atoms with Crippen molar-refractivity contribution in [3.8, 4) is 0 Å². The molecule has 8 nitrogen and oxygen atoms in total. The number of allylic oxidation sites excluding steroid dienone is 1. The lowest BCUT2D eigenvalue weighted by molar-refractivity contribution is -0.152. The summed E-state index contributed by atoms with van der Waals surface area (Å²) in [6.07, 6.45) is 0. The molecule has 3 fully saturated rings. The molecule has 4 amide bonds. The fourth-order valence-corrected chi connectivity index (χ4v) is 8.59. The lowest BCUT2D eigenvalue weighted by Crippen LogP contribution is -2.67. The third-order valence-electron chi connectivity index (χ3n) is 8.96. The SMILES string of the molecule is CCOC(=O)C1=C(C)C2(Br)[C@@H]3C(=O)N(c4ccccc4F)C(=O)[C@@H]3C1(C)[C@H]1C(=O)N(c3ccccc3F)C(=O)[C@@H]12. The minimum absolute atomic E-state index is 0.00166. The average molecular weight is 613 g/mol. The van der Waals surface area contributed by atoms with Crippen molar-refractivity contribution >= 4 is 56.9 Å². The van der Waals surface area contributed by atoms with Gasteiger partial charge < -0.3 is 4.74 Å². The van der Waals surface area contributed by atoms with Crippen LogP contribution in [0.2, 0.25) is 0 Å². The number of carbonyl (C=O) groups is 5. The van der Waals surface area contributed by atoms with Crippen molar-refractivity contribution in [1.82, 2.24) is 0 Å². The Bertz CT molecular complexity index is 1500. The van der Waals surface area contributed by atoms with Crippen LogP contribution in [-0.4, -0.2) is 40.5 Å². The summed E-state index contributed by atoms with van der Waals surface area (Å²) in [5.41, 5.74) is -1.97. The minimum Gasteiger partial charge on any atom is -0.463 e. The van der Waals surface area contributed by atoms with Crippen molar-refractivity contribution in [3.05, 3.63) is 71.3 Å². The molecule has 0 aromatic heterocycles. The van der Waals surface area contributed by atoms with Gasteiger partial charge in [0, 0.05) is 11.0 Å². The number of carbonyl (C=O) groups excluding carboxylic acids is 5. The van der Waals surface area contributed by atoms with Crippen LogP contribution in [0.5, 0.6) is 0 Å². The highest BCUT2D eigenvalue weighted by atomic mass is 79.9. The molecule has 2 aliphatic heterocycles. The molecule has 2 unspecified atom stereocenters. The normalized spacial score (nSPS) is 32.6. The Labute approximate surface area is 236 Å². The Kier molecular flexibility index (Phi) is 5.72. The molecule has 3 aliphatic carbocycles. The number of benzene rings is 2. The van der Waals surface area contributed by atoms with E-state index in [2.05, 4.69) is 15.9 Å². The first-order valence-corrected chi connectivity index (χ1v) is 13.6. The van der Waals surface area contributed by atoms with E-state index in [0.29, 0.717) is 0 Å². The van der Waals surface area contributed by atoms with Crippen molar-refractivity contribution < 1.29 is 37.5 Å². The lowest BCUT2D eigenvalue weighted by atomic mass is 9.43. The van der Waals surface area contributed by atoms with E-state index in [-0.39, 0.29) is 29.1 Å². The first-order valence-electron chi connectivity index (χ1n) is 12.8. The number of nitrogens with zero attached hydrogens (tertiary/aromatic N) is 2. The van der Waals surface area contributed by atoms with Gasteiger partial charge in [0.15, 0.2) is 0 Å². The van der Waals surface area contributed by atoms with Crippen molar-refractivity contribution in [2.75, 3.05) is 16.4 Å². The number of ether oxygens (including phenoxy) is 1. The molecule has 206 valence electrons. The van der Waals surface area contributed by atoms with Gasteiger partial charge in [0.05, 0.1) is 46.0 Å². The highest BCUT2D eigenvalue weighted by Gasteiger charge is 2.81. The molecule has 0 spiro atoms. The topological polar surface area (TPSA) is 101 Å². The third kappa shape index (κ3) is 2.96. The van der Waals surface area contributed by atoms with Gasteiger partial charge in [0.2, 0.25) is 23.6 Å². The maximum Gasteiger partial charge on any atom is 0.334 e. The molecule has 2 bridgehead atoms. The van der Waals surface area contributed by atoms with Crippen LogP contribution >= 0.6 is 15.9 Å². The quantitative estimate of drug-likeness (QED) is 0.295. The summed E-state index contributed by atoms with van der Waals surface area (Å²) in [7, 11) is 0. The van der Waals surface area contributed by atoms with E-state index >= 15 is 0 Å². The van der Waals surface area contributed by atoms with Crippen LogP contribution in [0.4, 0.5) is 20.2 Å². The molecule has 0 radical (unpaired) electrons. The van der Waals surface area contributed by atoms with E-state index in [0.717, 1.165) is 21.9 Å². The Morgan fingerprint density at radius 1 is 0.825 bits per heavy atom. The molecule has 2 heterocycles. The van der Waals surface area contributed by atoms with Crippen molar-refractivity contribution in [1.29, 1.82) is 0 Å². The van der Waals surface area contributed by atoms with E-state index in [4.69, 9.17) is 4.74 Å². The maximum atomic E-state index is 14.9. The second kappa shape index (κ2) is 8.63. The number of amides is 4. The van der Waals surface area contributed by atoms with Crippen LogP contribution in [-0.2, 0) is 28.7 Å². The van der Waals surface area contributed by atoms with E-state index in [1.54, 1.807) is 13.8 Å². The number of hydrogen-bond donors (Lipinski definition) is 0. The summed E-state index contributed by atoms with van der Waals surface area (Å²) < 4.78 is 33.4. The van der Waals surface area contributed by atoms with Gasteiger partial charge >= 0.3 is 5.97 Å². The van der Waals surface area contributed by atoms with Crippen LogP contribution in [0.3, 0.4) is 0 Å². The van der Waals surface area contributed by atoms with E-state index in [9.17, 15) is 32.8 Å². The first kappa shape index (κ1) is 26.5. The van der Waals surface area contributed by atoms with Gasteiger partial charge in [-0.25, -0.2) is 23.4 Å². The Hall–Kier alpha value is -3.73. The zero-order chi connectivity index (χ0) is 28.9. The summed E-state index contributed by atoms with van der Waals surface area (Å²) >= 11 is 3.62. The van der Waals surface area contributed by atoms with Gasteiger partial charge in [-0.05, 0) is 43.7 Å².